The van der Waals surface area contributed by atoms with E-state index in [0.29, 0.717) is 13.1 Å². The van der Waals surface area contributed by atoms with Gasteiger partial charge in [-0.15, -0.1) is 0 Å². The van der Waals surface area contributed by atoms with Gasteiger partial charge in [-0.1, -0.05) is 6.92 Å². The number of rotatable bonds is 4. The Labute approximate surface area is 90.0 Å². The molecule has 1 atom stereocenters. The van der Waals surface area contributed by atoms with Crippen LogP contribution in [0.25, 0.3) is 0 Å². The van der Waals surface area contributed by atoms with Crippen LogP contribution in [0.1, 0.15) is 18.4 Å². The van der Waals surface area contributed by atoms with Crippen molar-refractivity contribution in [3.05, 3.63) is 23.7 Å². The van der Waals surface area contributed by atoms with Gasteiger partial charge in [0.1, 0.15) is 11.5 Å². The van der Waals surface area contributed by atoms with Crippen molar-refractivity contribution in [3.8, 4) is 0 Å². The van der Waals surface area contributed by atoms with Crippen LogP contribution in [0.15, 0.2) is 16.5 Å². The van der Waals surface area contributed by atoms with Crippen molar-refractivity contribution in [1.82, 2.24) is 4.90 Å². The van der Waals surface area contributed by atoms with Gasteiger partial charge in [0.05, 0.1) is 6.54 Å². The molecular formula is C11H18N2O2. The summed E-state index contributed by atoms with van der Waals surface area (Å²) in [5, 5.41) is 0. The minimum absolute atomic E-state index is 0.0477. The number of carbonyl (C=O) groups excluding carboxylic acids is 1. The molecule has 4 heteroatoms. The predicted molar refractivity (Wildman–Crippen MR) is 58.1 cm³/mol. The Kier molecular flexibility index (Phi) is 3.91. The third-order valence-electron chi connectivity index (χ3n) is 2.34. The molecule has 15 heavy (non-hydrogen) atoms. The highest BCUT2D eigenvalue weighted by atomic mass is 16.3. The van der Waals surface area contributed by atoms with Crippen LogP contribution < -0.4 is 5.73 Å². The topological polar surface area (TPSA) is 59.5 Å². The summed E-state index contributed by atoms with van der Waals surface area (Å²) in [6.07, 6.45) is 0. The first kappa shape index (κ1) is 11.8. The third kappa shape index (κ3) is 3.09. The molecule has 0 aliphatic heterocycles. The van der Waals surface area contributed by atoms with E-state index in [1.165, 1.54) is 0 Å². The van der Waals surface area contributed by atoms with Gasteiger partial charge in [0.2, 0.25) is 5.91 Å². The molecule has 1 unspecified atom stereocenters. The number of amides is 1. The molecule has 1 aromatic heterocycles. The second-order valence-corrected chi connectivity index (χ2v) is 3.84. The molecule has 0 fully saturated rings. The molecule has 4 nitrogen and oxygen atoms in total. The lowest BCUT2D eigenvalue weighted by molar-refractivity contribution is -0.134. The third-order valence-corrected chi connectivity index (χ3v) is 2.34. The van der Waals surface area contributed by atoms with E-state index in [-0.39, 0.29) is 11.8 Å². The largest absolute Gasteiger partial charge is 0.464 e. The Morgan fingerprint density at radius 2 is 2.27 bits per heavy atom. The van der Waals surface area contributed by atoms with E-state index in [4.69, 9.17) is 10.2 Å². The highest BCUT2D eigenvalue weighted by Gasteiger charge is 2.16. The molecule has 1 amide bonds. The van der Waals surface area contributed by atoms with Crippen molar-refractivity contribution in [3.63, 3.8) is 0 Å². The summed E-state index contributed by atoms with van der Waals surface area (Å²) in [6.45, 7) is 4.58. The standard InChI is InChI=1S/C11H18N2O2/c1-8(6-12)11(14)13(3)7-10-5-4-9(2)15-10/h4-5,8H,6-7,12H2,1-3H3. The van der Waals surface area contributed by atoms with Gasteiger partial charge in [-0.25, -0.2) is 0 Å². The van der Waals surface area contributed by atoms with Crippen LogP contribution >= 0.6 is 0 Å². The van der Waals surface area contributed by atoms with Crippen LogP contribution in [0.4, 0.5) is 0 Å². The zero-order valence-electron chi connectivity index (χ0n) is 9.49. The van der Waals surface area contributed by atoms with E-state index in [9.17, 15) is 4.79 Å². The van der Waals surface area contributed by atoms with Crippen molar-refractivity contribution in [2.45, 2.75) is 20.4 Å². The van der Waals surface area contributed by atoms with E-state index in [1.807, 2.05) is 26.0 Å². The highest BCUT2D eigenvalue weighted by molar-refractivity contribution is 5.78. The molecule has 0 saturated heterocycles. The number of aryl methyl sites for hydroxylation is 1. The zero-order chi connectivity index (χ0) is 11.4. The van der Waals surface area contributed by atoms with Crippen LogP contribution in [0, 0.1) is 12.8 Å². The predicted octanol–water partition coefficient (Wildman–Crippen LogP) is 1.14. The second-order valence-electron chi connectivity index (χ2n) is 3.84. The molecule has 2 N–H and O–H groups in total. The first-order valence-corrected chi connectivity index (χ1v) is 5.05. The Morgan fingerprint density at radius 3 is 2.73 bits per heavy atom. The van der Waals surface area contributed by atoms with Crippen LogP contribution in [-0.4, -0.2) is 24.4 Å². The molecule has 0 radical (unpaired) electrons. The molecule has 1 heterocycles. The fourth-order valence-corrected chi connectivity index (χ4v) is 1.36. The number of furan rings is 1. The lowest BCUT2D eigenvalue weighted by Gasteiger charge is -2.19. The summed E-state index contributed by atoms with van der Waals surface area (Å²) in [6, 6.07) is 3.77. The fraction of sp³-hybridized carbons (Fsp3) is 0.545. The van der Waals surface area contributed by atoms with Crippen molar-refractivity contribution >= 4 is 5.91 Å². The molecule has 1 aromatic rings. The maximum absolute atomic E-state index is 11.7. The molecule has 0 spiro atoms. The quantitative estimate of drug-likeness (QED) is 0.810. The SMILES string of the molecule is Cc1ccc(CN(C)C(=O)C(C)CN)o1. The van der Waals surface area contributed by atoms with Gasteiger partial charge < -0.3 is 15.1 Å². The van der Waals surface area contributed by atoms with Gasteiger partial charge in [-0.2, -0.15) is 0 Å². The molecular weight excluding hydrogens is 192 g/mol. The van der Waals surface area contributed by atoms with E-state index in [0.717, 1.165) is 11.5 Å². The monoisotopic (exact) mass is 210 g/mol. The molecule has 0 aliphatic carbocycles. The minimum Gasteiger partial charge on any atom is -0.464 e. The van der Waals surface area contributed by atoms with Crippen LogP contribution in [0.5, 0.6) is 0 Å². The van der Waals surface area contributed by atoms with E-state index < -0.39 is 0 Å². The van der Waals surface area contributed by atoms with E-state index >= 15 is 0 Å². The van der Waals surface area contributed by atoms with E-state index in [2.05, 4.69) is 0 Å². The maximum Gasteiger partial charge on any atom is 0.226 e. The van der Waals surface area contributed by atoms with Crippen LogP contribution in [0.2, 0.25) is 0 Å². The Balaban J connectivity index is 2.55. The number of hydrogen-bond acceptors (Lipinski definition) is 3. The lowest BCUT2D eigenvalue weighted by Crippen LogP contribution is -2.34. The Bertz CT molecular complexity index is 333. The molecule has 0 bridgehead atoms. The van der Waals surface area contributed by atoms with Gasteiger partial charge in [-0.05, 0) is 19.1 Å². The number of nitrogens with zero attached hydrogens (tertiary/aromatic N) is 1. The summed E-state index contributed by atoms with van der Waals surface area (Å²) in [5.74, 6) is 1.57. The van der Waals surface area contributed by atoms with Crippen LogP contribution in [0.3, 0.4) is 0 Å². The fourth-order valence-electron chi connectivity index (χ4n) is 1.36. The van der Waals surface area contributed by atoms with Gasteiger partial charge in [0, 0.05) is 19.5 Å². The zero-order valence-corrected chi connectivity index (χ0v) is 9.49. The average molecular weight is 210 g/mol. The van der Waals surface area contributed by atoms with Gasteiger partial charge in [0.15, 0.2) is 0 Å². The molecule has 84 valence electrons. The summed E-state index contributed by atoms with van der Waals surface area (Å²) in [7, 11) is 1.76. The highest BCUT2D eigenvalue weighted by Crippen LogP contribution is 2.10. The van der Waals surface area contributed by atoms with Crippen molar-refractivity contribution in [1.29, 1.82) is 0 Å². The molecule has 0 aromatic carbocycles. The van der Waals surface area contributed by atoms with Crippen molar-refractivity contribution in [2.75, 3.05) is 13.6 Å². The van der Waals surface area contributed by atoms with Gasteiger partial charge >= 0.3 is 0 Å². The average Bonchev–Trinajstić information content (AvgIpc) is 2.61. The lowest BCUT2D eigenvalue weighted by atomic mass is 10.1. The minimum atomic E-state index is -0.133. The number of hydrogen-bond donors (Lipinski definition) is 1. The molecule has 0 aliphatic rings. The summed E-state index contributed by atoms with van der Waals surface area (Å²) >= 11 is 0. The summed E-state index contributed by atoms with van der Waals surface area (Å²) < 4.78 is 5.39. The van der Waals surface area contributed by atoms with Gasteiger partial charge in [0.25, 0.3) is 0 Å². The maximum atomic E-state index is 11.7. The van der Waals surface area contributed by atoms with Crippen molar-refractivity contribution in [2.24, 2.45) is 11.7 Å². The van der Waals surface area contributed by atoms with E-state index in [1.54, 1.807) is 11.9 Å². The second kappa shape index (κ2) is 4.98. The summed E-state index contributed by atoms with van der Waals surface area (Å²) in [5.41, 5.74) is 5.44. The first-order valence-electron chi connectivity index (χ1n) is 5.05. The smallest absolute Gasteiger partial charge is 0.226 e. The van der Waals surface area contributed by atoms with Gasteiger partial charge in [-0.3, -0.25) is 4.79 Å². The first-order chi connectivity index (χ1) is 7.04. The Hall–Kier alpha value is -1.29. The number of carbonyl (C=O) groups is 1. The van der Waals surface area contributed by atoms with Crippen LogP contribution in [-0.2, 0) is 11.3 Å². The molecule has 1 rings (SSSR count). The number of nitrogens with two attached hydrogens (primary N) is 1. The van der Waals surface area contributed by atoms with Crippen molar-refractivity contribution < 1.29 is 9.21 Å². The normalized spacial score (nSPS) is 12.5. The summed E-state index contributed by atoms with van der Waals surface area (Å²) in [4.78, 5) is 13.3. The molecule has 0 saturated carbocycles. The Morgan fingerprint density at radius 1 is 1.60 bits per heavy atom.